The molecule has 16 heavy (non-hydrogen) atoms. The second kappa shape index (κ2) is 5.30. The van der Waals surface area contributed by atoms with E-state index in [-0.39, 0.29) is 17.8 Å². The van der Waals surface area contributed by atoms with Crippen molar-refractivity contribution < 1.29 is 9.53 Å². The molecule has 0 saturated carbocycles. The Bertz CT molecular complexity index is 347. The second-order valence-electron chi connectivity index (χ2n) is 5.35. The van der Waals surface area contributed by atoms with Crippen LogP contribution in [0.25, 0.3) is 0 Å². The monoisotopic (exact) mass is 223 g/mol. The highest BCUT2D eigenvalue weighted by atomic mass is 16.5. The Labute approximate surface area is 97.4 Å². The van der Waals surface area contributed by atoms with Crippen molar-refractivity contribution >= 4 is 5.78 Å². The maximum atomic E-state index is 11.6. The van der Waals surface area contributed by atoms with Gasteiger partial charge in [-0.3, -0.25) is 4.79 Å². The molecule has 0 aliphatic rings. The number of ketones is 1. The third kappa shape index (κ3) is 4.62. The van der Waals surface area contributed by atoms with E-state index < -0.39 is 0 Å². The number of Topliss-reactive ketones (excluding diaryl/α,β-unsaturated/α-hetero) is 1. The first-order chi connectivity index (χ1) is 7.38. The smallest absolute Gasteiger partial charge is 0.189 e. The number of nitrogens with zero attached hydrogens (tertiary/aromatic N) is 1. The van der Waals surface area contributed by atoms with Crippen LogP contribution in [0, 0.1) is 5.41 Å². The van der Waals surface area contributed by atoms with Crippen LogP contribution in [0.5, 0.6) is 0 Å². The summed E-state index contributed by atoms with van der Waals surface area (Å²) in [7, 11) is 1.90. The third-order valence-corrected chi connectivity index (χ3v) is 2.38. The summed E-state index contributed by atoms with van der Waals surface area (Å²) < 4.78 is 7.24. The first-order valence-corrected chi connectivity index (χ1v) is 5.61. The van der Waals surface area contributed by atoms with Crippen molar-refractivity contribution in [2.24, 2.45) is 12.5 Å². The van der Waals surface area contributed by atoms with Gasteiger partial charge in [0, 0.05) is 31.6 Å². The summed E-state index contributed by atoms with van der Waals surface area (Å²) in [5.41, 5.74) is 0.980. The highest BCUT2D eigenvalue weighted by Gasteiger charge is 2.11. The van der Waals surface area contributed by atoms with E-state index in [1.54, 1.807) is 0 Å². The van der Waals surface area contributed by atoms with E-state index in [1.165, 1.54) is 0 Å². The van der Waals surface area contributed by atoms with E-state index >= 15 is 0 Å². The number of aromatic nitrogens is 1. The maximum Gasteiger partial charge on any atom is 0.189 e. The highest BCUT2D eigenvalue weighted by molar-refractivity contribution is 5.96. The summed E-state index contributed by atoms with van der Waals surface area (Å²) in [6.07, 6.45) is 4.65. The Hall–Kier alpha value is -1.09. The number of carbonyl (C=O) groups is 1. The SMILES string of the molecule is Cn1ccc(C(=O)COCCC(C)(C)C)c1. The minimum atomic E-state index is 0.0505. The molecule has 0 amide bonds. The molecule has 0 N–H and O–H groups in total. The number of aryl methyl sites for hydroxylation is 1. The molecule has 1 aromatic heterocycles. The molecule has 1 aromatic rings. The zero-order valence-electron chi connectivity index (χ0n) is 10.6. The summed E-state index contributed by atoms with van der Waals surface area (Å²) >= 11 is 0. The molecule has 0 bridgehead atoms. The molecule has 3 nitrogen and oxygen atoms in total. The fourth-order valence-corrected chi connectivity index (χ4v) is 1.29. The van der Waals surface area contributed by atoms with Crippen LogP contribution in [-0.4, -0.2) is 23.6 Å². The van der Waals surface area contributed by atoms with Gasteiger partial charge in [-0.25, -0.2) is 0 Å². The van der Waals surface area contributed by atoms with Crippen LogP contribution in [-0.2, 0) is 11.8 Å². The summed E-state index contributed by atoms with van der Waals surface area (Å²) in [4.78, 5) is 11.6. The zero-order valence-corrected chi connectivity index (χ0v) is 10.6. The van der Waals surface area contributed by atoms with E-state index in [0.29, 0.717) is 6.61 Å². The Balaban J connectivity index is 2.26. The molecule has 90 valence electrons. The van der Waals surface area contributed by atoms with Crippen LogP contribution in [0.15, 0.2) is 18.5 Å². The molecule has 0 saturated heterocycles. The van der Waals surface area contributed by atoms with E-state index in [9.17, 15) is 4.79 Å². The summed E-state index contributed by atoms with van der Waals surface area (Å²) in [6.45, 7) is 7.31. The number of hydrogen-bond donors (Lipinski definition) is 0. The first-order valence-electron chi connectivity index (χ1n) is 5.61. The van der Waals surface area contributed by atoms with Gasteiger partial charge < -0.3 is 9.30 Å². The first kappa shape index (κ1) is 13.0. The molecule has 0 spiro atoms. The van der Waals surface area contributed by atoms with Gasteiger partial charge in [-0.15, -0.1) is 0 Å². The normalized spacial score (nSPS) is 11.8. The third-order valence-electron chi connectivity index (χ3n) is 2.38. The Kier molecular flexibility index (Phi) is 4.30. The molecule has 1 rings (SSSR count). The molecule has 3 heteroatoms. The highest BCUT2D eigenvalue weighted by Crippen LogP contribution is 2.17. The van der Waals surface area contributed by atoms with Gasteiger partial charge in [-0.1, -0.05) is 20.8 Å². The summed E-state index contributed by atoms with van der Waals surface area (Å²) in [6, 6.07) is 1.81. The molecule has 0 aliphatic carbocycles. The molecule has 0 aliphatic heterocycles. The number of ether oxygens (including phenoxy) is 1. The van der Waals surface area contributed by atoms with Gasteiger partial charge in [0.15, 0.2) is 5.78 Å². The molecule has 0 atom stereocenters. The lowest BCUT2D eigenvalue weighted by Gasteiger charge is -2.17. The molecule has 0 fully saturated rings. The van der Waals surface area contributed by atoms with Crippen LogP contribution < -0.4 is 0 Å². The Morgan fingerprint density at radius 3 is 2.62 bits per heavy atom. The average Bonchev–Trinajstić information content (AvgIpc) is 2.57. The fourth-order valence-electron chi connectivity index (χ4n) is 1.29. The van der Waals surface area contributed by atoms with Crippen LogP contribution in [0.1, 0.15) is 37.6 Å². The van der Waals surface area contributed by atoms with Crippen molar-refractivity contribution in [3.05, 3.63) is 24.0 Å². The molecular weight excluding hydrogens is 202 g/mol. The second-order valence-corrected chi connectivity index (χ2v) is 5.35. The van der Waals surface area contributed by atoms with E-state index in [1.807, 2.05) is 30.1 Å². The minimum absolute atomic E-state index is 0.0505. The van der Waals surface area contributed by atoms with E-state index in [2.05, 4.69) is 20.8 Å². The quantitative estimate of drug-likeness (QED) is 0.567. The average molecular weight is 223 g/mol. The van der Waals surface area contributed by atoms with Gasteiger partial charge in [0.25, 0.3) is 0 Å². The lowest BCUT2D eigenvalue weighted by molar-refractivity contribution is 0.0705. The van der Waals surface area contributed by atoms with Gasteiger partial charge >= 0.3 is 0 Å². The molecule has 0 aromatic carbocycles. The molecule has 1 heterocycles. The molecular formula is C13H21NO2. The Morgan fingerprint density at radius 2 is 2.12 bits per heavy atom. The zero-order chi connectivity index (χ0) is 12.2. The lowest BCUT2D eigenvalue weighted by atomic mass is 9.93. The van der Waals surface area contributed by atoms with E-state index in [0.717, 1.165) is 12.0 Å². The molecule has 0 radical (unpaired) electrons. The largest absolute Gasteiger partial charge is 0.373 e. The Morgan fingerprint density at radius 1 is 1.44 bits per heavy atom. The topological polar surface area (TPSA) is 31.2 Å². The van der Waals surface area contributed by atoms with Gasteiger partial charge in [-0.2, -0.15) is 0 Å². The number of carbonyl (C=O) groups excluding carboxylic acids is 1. The minimum Gasteiger partial charge on any atom is -0.373 e. The van der Waals surface area contributed by atoms with Crippen molar-refractivity contribution in [2.75, 3.05) is 13.2 Å². The van der Waals surface area contributed by atoms with Gasteiger partial charge in [0.1, 0.15) is 6.61 Å². The standard InChI is InChI=1S/C13H21NO2/c1-13(2,3)6-8-16-10-12(15)11-5-7-14(4)9-11/h5,7,9H,6,8,10H2,1-4H3. The van der Waals surface area contributed by atoms with E-state index in [4.69, 9.17) is 4.74 Å². The maximum absolute atomic E-state index is 11.6. The van der Waals surface area contributed by atoms with Gasteiger partial charge in [-0.05, 0) is 17.9 Å². The van der Waals surface area contributed by atoms with Crippen molar-refractivity contribution in [2.45, 2.75) is 27.2 Å². The van der Waals surface area contributed by atoms with Gasteiger partial charge in [0.2, 0.25) is 0 Å². The van der Waals surface area contributed by atoms with Crippen LogP contribution in [0.3, 0.4) is 0 Å². The number of rotatable bonds is 5. The van der Waals surface area contributed by atoms with Gasteiger partial charge in [0.05, 0.1) is 0 Å². The van der Waals surface area contributed by atoms with Crippen molar-refractivity contribution in [1.29, 1.82) is 0 Å². The fraction of sp³-hybridized carbons (Fsp3) is 0.615. The lowest BCUT2D eigenvalue weighted by Crippen LogP contribution is -2.13. The van der Waals surface area contributed by atoms with Crippen molar-refractivity contribution in [3.63, 3.8) is 0 Å². The molecule has 0 unspecified atom stereocenters. The summed E-state index contributed by atoms with van der Waals surface area (Å²) in [5.74, 6) is 0.0505. The predicted octanol–water partition coefficient (Wildman–Crippen LogP) is 2.66. The van der Waals surface area contributed by atoms with Crippen LogP contribution in [0.4, 0.5) is 0 Å². The van der Waals surface area contributed by atoms with Crippen molar-refractivity contribution in [3.8, 4) is 0 Å². The van der Waals surface area contributed by atoms with Crippen molar-refractivity contribution in [1.82, 2.24) is 4.57 Å². The summed E-state index contributed by atoms with van der Waals surface area (Å²) in [5, 5.41) is 0. The van der Waals surface area contributed by atoms with Crippen LogP contribution in [0.2, 0.25) is 0 Å². The predicted molar refractivity (Wildman–Crippen MR) is 64.6 cm³/mol. The van der Waals surface area contributed by atoms with Crippen LogP contribution >= 0.6 is 0 Å². The number of hydrogen-bond acceptors (Lipinski definition) is 2.